The van der Waals surface area contributed by atoms with Crippen molar-refractivity contribution in [2.24, 2.45) is 5.73 Å². The molecule has 1 aliphatic rings. The molecule has 1 atom stereocenters. The molecule has 1 aromatic carbocycles. The summed E-state index contributed by atoms with van der Waals surface area (Å²) >= 11 is 0. The molecule has 2 rings (SSSR count). The van der Waals surface area contributed by atoms with E-state index in [1.54, 1.807) is 4.90 Å². The quantitative estimate of drug-likeness (QED) is 0.894. The van der Waals surface area contributed by atoms with E-state index in [1.165, 1.54) is 5.56 Å². The van der Waals surface area contributed by atoms with Gasteiger partial charge in [0.05, 0.1) is 13.0 Å². The molecule has 1 unspecified atom stereocenters. The first-order valence-corrected chi connectivity index (χ1v) is 7.28. The smallest absolute Gasteiger partial charge is 0.240 e. The second kappa shape index (κ2) is 6.61. The van der Waals surface area contributed by atoms with Crippen LogP contribution in [0.1, 0.15) is 30.4 Å². The molecule has 0 spiro atoms. The predicted octanol–water partition coefficient (Wildman–Crippen LogP) is 1.55. The van der Waals surface area contributed by atoms with Gasteiger partial charge in [0, 0.05) is 6.54 Å². The van der Waals surface area contributed by atoms with Gasteiger partial charge < -0.3 is 15.4 Å². The van der Waals surface area contributed by atoms with Crippen molar-refractivity contribution in [2.75, 3.05) is 13.2 Å². The van der Waals surface area contributed by atoms with E-state index in [2.05, 4.69) is 0 Å². The third-order valence-corrected chi connectivity index (χ3v) is 3.81. The minimum atomic E-state index is -0.446. The summed E-state index contributed by atoms with van der Waals surface area (Å²) < 4.78 is 5.65. The predicted molar refractivity (Wildman–Crippen MR) is 80.0 cm³/mol. The standard InChI is InChI=1S/C16H22N2O3/c1-11-5-6-14(12(2)10-11)21-9-7-15(19)18-8-3-4-13(18)16(17)20/h5-6,10,13H,3-4,7-9H2,1-2H3,(H2,17,20). The van der Waals surface area contributed by atoms with Gasteiger partial charge in [0.2, 0.25) is 11.8 Å². The van der Waals surface area contributed by atoms with Crippen molar-refractivity contribution >= 4 is 11.8 Å². The first-order chi connectivity index (χ1) is 9.99. The maximum Gasteiger partial charge on any atom is 0.240 e. The van der Waals surface area contributed by atoms with Crippen molar-refractivity contribution in [2.45, 2.75) is 39.2 Å². The van der Waals surface area contributed by atoms with E-state index in [0.29, 0.717) is 19.6 Å². The average molecular weight is 290 g/mol. The van der Waals surface area contributed by atoms with Crippen molar-refractivity contribution in [3.05, 3.63) is 29.3 Å². The zero-order valence-corrected chi connectivity index (χ0v) is 12.6. The van der Waals surface area contributed by atoms with Gasteiger partial charge in [-0.2, -0.15) is 0 Å². The van der Waals surface area contributed by atoms with E-state index in [1.807, 2.05) is 32.0 Å². The number of likely N-dealkylation sites (tertiary alicyclic amines) is 1. The van der Waals surface area contributed by atoms with Crippen LogP contribution in [0, 0.1) is 13.8 Å². The number of amides is 2. The van der Waals surface area contributed by atoms with Gasteiger partial charge in [-0.3, -0.25) is 9.59 Å². The molecule has 0 saturated carbocycles. The van der Waals surface area contributed by atoms with Crippen LogP contribution >= 0.6 is 0 Å². The maximum atomic E-state index is 12.1. The minimum absolute atomic E-state index is 0.0685. The van der Waals surface area contributed by atoms with Gasteiger partial charge in [0.25, 0.3) is 0 Å². The largest absolute Gasteiger partial charge is 0.493 e. The van der Waals surface area contributed by atoms with Crippen LogP contribution in [0.3, 0.4) is 0 Å². The Hall–Kier alpha value is -2.04. The fourth-order valence-corrected chi connectivity index (χ4v) is 2.71. The second-order valence-electron chi connectivity index (χ2n) is 5.51. The molecule has 0 aromatic heterocycles. The van der Waals surface area contributed by atoms with Gasteiger partial charge in [-0.05, 0) is 38.3 Å². The number of hydrogen-bond donors (Lipinski definition) is 1. The van der Waals surface area contributed by atoms with E-state index in [-0.39, 0.29) is 12.3 Å². The minimum Gasteiger partial charge on any atom is -0.493 e. The molecule has 2 N–H and O–H groups in total. The monoisotopic (exact) mass is 290 g/mol. The molecule has 0 radical (unpaired) electrons. The zero-order chi connectivity index (χ0) is 15.4. The number of primary amides is 1. The van der Waals surface area contributed by atoms with Crippen molar-refractivity contribution in [3.63, 3.8) is 0 Å². The van der Waals surface area contributed by atoms with Crippen molar-refractivity contribution < 1.29 is 14.3 Å². The van der Waals surface area contributed by atoms with Crippen molar-refractivity contribution in [1.82, 2.24) is 4.90 Å². The van der Waals surface area contributed by atoms with Crippen LogP contribution in [-0.4, -0.2) is 35.9 Å². The molecular formula is C16H22N2O3. The number of ether oxygens (including phenoxy) is 1. The topological polar surface area (TPSA) is 72.6 Å². The lowest BCUT2D eigenvalue weighted by molar-refractivity contribution is -0.137. The Morgan fingerprint density at radius 1 is 1.38 bits per heavy atom. The Balaban J connectivity index is 1.85. The lowest BCUT2D eigenvalue weighted by atomic mass is 10.1. The average Bonchev–Trinajstić information content (AvgIpc) is 2.90. The lowest BCUT2D eigenvalue weighted by Crippen LogP contribution is -2.44. The first-order valence-electron chi connectivity index (χ1n) is 7.28. The molecule has 1 saturated heterocycles. The summed E-state index contributed by atoms with van der Waals surface area (Å²) in [5, 5.41) is 0. The van der Waals surface area contributed by atoms with Crippen LogP contribution < -0.4 is 10.5 Å². The van der Waals surface area contributed by atoms with Crippen molar-refractivity contribution in [3.8, 4) is 5.75 Å². The van der Waals surface area contributed by atoms with Gasteiger partial charge in [-0.15, -0.1) is 0 Å². The molecule has 5 nitrogen and oxygen atoms in total. The maximum absolute atomic E-state index is 12.1. The van der Waals surface area contributed by atoms with Gasteiger partial charge in [-0.1, -0.05) is 17.7 Å². The van der Waals surface area contributed by atoms with Crippen LogP contribution in [-0.2, 0) is 9.59 Å². The van der Waals surface area contributed by atoms with E-state index in [4.69, 9.17) is 10.5 Å². The molecule has 5 heteroatoms. The van der Waals surface area contributed by atoms with E-state index in [0.717, 1.165) is 17.7 Å². The third kappa shape index (κ3) is 3.74. The highest BCUT2D eigenvalue weighted by Crippen LogP contribution is 2.20. The fourth-order valence-electron chi connectivity index (χ4n) is 2.71. The Kier molecular flexibility index (Phi) is 4.83. The molecule has 114 valence electrons. The molecule has 0 bridgehead atoms. The molecule has 1 fully saturated rings. The number of benzene rings is 1. The third-order valence-electron chi connectivity index (χ3n) is 3.81. The highest BCUT2D eigenvalue weighted by atomic mass is 16.5. The molecule has 1 aliphatic heterocycles. The Morgan fingerprint density at radius 2 is 2.14 bits per heavy atom. The van der Waals surface area contributed by atoms with Gasteiger partial charge >= 0.3 is 0 Å². The van der Waals surface area contributed by atoms with Crippen LogP contribution in [0.4, 0.5) is 0 Å². The molecule has 1 heterocycles. The van der Waals surface area contributed by atoms with Crippen LogP contribution in [0.15, 0.2) is 18.2 Å². The molecule has 21 heavy (non-hydrogen) atoms. The first kappa shape index (κ1) is 15.4. The number of carbonyl (C=O) groups is 2. The number of aryl methyl sites for hydroxylation is 2. The summed E-state index contributed by atoms with van der Waals surface area (Å²) in [6, 6.07) is 5.49. The van der Waals surface area contributed by atoms with Gasteiger partial charge in [0.1, 0.15) is 11.8 Å². The SMILES string of the molecule is Cc1ccc(OCCC(=O)N2CCCC2C(N)=O)c(C)c1. The van der Waals surface area contributed by atoms with Crippen LogP contribution in [0.25, 0.3) is 0 Å². The summed E-state index contributed by atoms with van der Waals surface area (Å²) in [5.74, 6) is 0.304. The highest BCUT2D eigenvalue weighted by molar-refractivity contribution is 5.87. The van der Waals surface area contributed by atoms with Crippen LogP contribution in [0.2, 0.25) is 0 Å². The van der Waals surface area contributed by atoms with Gasteiger partial charge in [-0.25, -0.2) is 0 Å². The van der Waals surface area contributed by atoms with Crippen LogP contribution in [0.5, 0.6) is 5.75 Å². The highest BCUT2D eigenvalue weighted by Gasteiger charge is 2.32. The number of nitrogens with two attached hydrogens (primary N) is 1. The molecule has 0 aliphatic carbocycles. The second-order valence-corrected chi connectivity index (χ2v) is 5.51. The number of rotatable bonds is 5. The number of carbonyl (C=O) groups excluding carboxylic acids is 2. The lowest BCUT2D eigenvalue weighted by Gasteiger charge is -2.22. The van der Waals surface area contributed by atoms with Gasteiger partial charge in [0.15, 0.2) is 0 Å². The van der Waals surface area contributed by atoms with E-state index < -0.39 is 11.9 Å². The normalized spacial score (nSPS) is 17.8. The summed E-state index contributed by atoms with van der Waals surface area (Å²) in [5.41, 5.74) is 7.55. The molecular weight excluding hydrogens is 268 g/mol. The Labute approximate surface area is 125 Å². The Bertz CT molecular complexity index is 542. The Morgan fingerprint density at radius 3 is 2.81 bits per heavy atom. The number of hydrogen-bond acceptors (Lipinski definition) is 3. The summed E-state index contributed by atoms with van der Waals surface area (Å²) in [7, 11) is 0. The summed E-state index contributed by atoms with van der Waals surface area (Å²) in [6.07, 6.45) is 1.76. The molecule has 1 aromatic rings. The number of nitrogens with zero attached hydrogens (tertiary/aromatic N) is 1. The molecule has 2 amide bonds. The van der Waals surface area contributed by atoms with Crippen molar-refractivity contribution in [1.29, 1.82) is 0 Å². The van der Waals surface area contributed by atoms with E-state index >= 15 is 0 Å². The summed E-state index contributed by atoms with van der Waals surface area (Å²) in [6.45, 7) is 4.92. The fraction of sp³-hybridized carbons (Fsp3) is 0.500. The zero-order valence-electron chi connectivity index (χ0n) is 12.6. The van der Waals surface area contributed by atoms with E-state index in [9.17, 15) is 9.59 Å². The summed E-state index contributed by atoms with van der Waals surface area (Å²) in [4.78, 5) is 25.0.